The summed E-state index contributed by atoms with van der Waals surface area (Å²) in [4.78, 5) is 38.1. The van der Waals surface area contributed by atoms with Gasteiger partial charge in [-0.15, -0.1) is 0 Å². The van der Waals surface area contributed by atoms with E-state index in [2.05, 4.69) is 5.32 Å². The van der Waals surface area contributed by atoms with Crippen LogP contribution in [-0.4, -0.2) is 53.6 Å². The molecule has 0 aromatic heterocycles. The van der Waals surface area contributed by atoms with Gasteiger partial charge in [0, 0.05) is 43.9 Å². The van der Waals surface area contributed by atoms with Crippen LogP contribution in [-0.2, 0) is 27.9 Å². The molecule has 0 bridgehead atoms. The Hall–Kier alpha value is -4.20. The second-order valence-corrected chi connectivity index (χ2v) is 10.4. The van der Waals surface area contributed by atoms with Gasteiger partial charge in [-0.1, -0.05) is 30.3 Å². The molecule has 198 valence electrons. The molecular formula is C25H24FN5O6S. The third-order valence-corrected chi connectivity index (χ3v) is 7.91. The Kier molecular flexibility index (Phi) is 7.80. The molecule has 1 atom stereocenters. The molecule has 1 aliphatic rings. The van der Waals surface area contributed by atoms with E-state index in [0.29, 0.717) is 12.1 Å². The predicted octanol–water partition coefficient (Wildman–Crippen LogP) is 1.98. The molecule has 13 heteroatoms. The Morgan fingerprint density at radius 3 is 2.39 bits per heavy atom. The van der Waals surface area contributed by atoms with E-state index < -0.39 is 38.7 Å². The fraction of sp³-hybridized carbons (Fsp3) is 0.200. The number of carbonyl (C=O) groups is 2. The topological polar surface area (TPSA) is 156 Å². The van der Waals surface area contributed by atoms with E-state index >= 15 is 0 Å². The van der Waals surface area contributed by atoms with Gasteiger partial charge in [-0.25, -0.2) is 12.8 Å². The third-order valence-electron chi connectivity index (χ3n) is 6.04. The lowest BCUT2D eigenvalue weighted by molar-refractivity contribution is -0.384. The lowest BCUT2D eigenvalue weighted by Gasteiger charge is -2.29. The van der Waals surface area contributed by atoms with Crippen LogP contribution in [0.4, 0.5) is 10.1 Å². The zero-order valence-corrected chi connectivity index (χ0v) is 20.8. The van der Waals surface area contributed by atoms with Crippen molar-refractivity contribution in [3.63, 3.8) is 0 Å². The van der Waals surface area contributed by atoms with E-state index in [4.69, 9.17) is 5.73 Å². The number of halogens is 1. The van der Waals surface area contributed by atoms with Gasteiger partial charge in [0.25, 0.3) is 17.5 Å². The summed E-state index contributed by atoms with van der Waals surface area (Å²) in [5.41, 5.74) is 6.81. The van der Waals surface area contributed by atoms with Crippen molar-refractivity contribution in [3.05, 3.63) is 105 Å². The summed E-state index contributed by atoms with van der Waals surface area (Å²) >= 11 is 0. The Bertz CT molecular complexity index is 1480. The number of hydrogen-bond acceptors (Lipinski definition) is 7. The zero-order chi connectivity index (χ0) is 27.4. The lowest BCUT2D eigenvalue weighted by Crippen LogP contribution is -2.53. The molecule has 0 radical (unpaired) electrons. The van der Waals surface area contributed by atoms with Gasteiger partial charge in [0.2, 0.25) is 10.0 Å². The lowest BCUT2D eigenvalue weighted by atomic mass is 10.1. The summed E-state index contributed by atoms with van der Waals surface area (Å²) in [6, 6.07) is 16.2. The van der Waals surface area contributed by atoms with Crippen LogP contribution >= 0.6 is 0 Å². The quantitative estimate of drug-likeness (QED) is 0.326. The number of benzene rings is 3. The Balaban J connectivity index is 1.67. The number of non-ortho nitro benzene ring substituents is 1. The number of nitrogens with one attached hydrogen (secondary N) is 1. The predicted molar refractivity (Wildman–Crippen MR) is 134 cm³/mol. The monoisotopic (exact) mass is 541 g/mol. The maximum atomic E-state index is 13.4. The van der Waals surface area contributed by atoms with E-state index in [1.54, 1.807) is 18.2 Å². The summed E-state index contributed by atoms with van der Waals surface area (Å²) in [7, 11) is -4.33. The molecule has 1 aliphatic heterocycles. The number of nitrogens with two attached hydrogens (primary N) is 1. The van der Waals surface area contributed by atoms with Crippen LogP contribution in [0.25, 0.3) is 0 Å². The molecule has 4 rings (SSSR count). The van der Waals surface area contributed by atoms with Crippen LogP contribution < -0.4 is 11.1 Å². The molecule has 3 aromatic rings. The molecule has 1 fully saturated rings. The Morgan fingerprint density at radius 1 is 1.03 bits per heavy atom. The first kappa shape index (κ1) is 26.9. The first-order valence-corrected chi connectivity index (χ1v) is 12.9. The first-order chi connectivity index (χ1) is 18.1. The summed E-state index contributed by atoms with van der Waals surface area (Å²) < 4.78 is 41.2. The highest BCUT2D eigenvalue weighted by Gasteiger charge is 2.46. The maximum Gasteiger partial charge on any atom is 0.270 e. The number of amides is 2. The molecular weight excluding hydrogens is 517 g/mol. The highest BCUT2D eigenvalue weighted by Crippen LogP contribution is 2.27. The maximum absolute atomic E-state index is 13.4. The molecule has 3 aromatic carbocycles. The van der Waals surface area contributed by atoms with Crippen molar-refractivity contribution in [3.8, 4) is 0 Å². The van der Waals surface area contributed by atoms with Crippen LogP contribution in [0.2, 0.25) is 0 Å². The van der Waals surface area contributed by atoms with Gasteiger partial charge < -0.3 is 16.0 Å². The molecule has 1 saturated heterocycles. The number of nitro benzene ring substituents is 1. The summed E-state index contributed by atoms with van der Waals surface area (Å²) in [6.45, 7) is -0.0458. The standard InChI is InChI=1S/C25H24FN5O6S/c26-20-7-9-22(10-8-20)38(36,37)30-12-11-29(25(33)19-5-2-6-21(14-19)31(34)35)24(30)23(32)28-16-18-4-1-3-17(13-18)15-27/h1-10,13-14,24H,11-12,15-16,27H2,(H,28,32). The molecule has 38 heavy (non-hydrogen) atoms. The van der Waals surface area contributed by atoms with Crippen molar-refractivity contribution < 1.29 is 27.3 Å². The molecule has 1 unspecified atom stereocenters. The fourth-order valence-electron chi connectivity index (χ4n) is 4.15. The van der Waals surface area contributed by atoms with Gasteiger partial charge in [0.1, 0.15) is 5.82 Å². The van der Waals surface area contributed by atoms with Crippen LogP contribution in [0.3, 0.4) is 0 Å². The van der Waals surface area contributed by atoms with Gasteiger partial charge in [-0.05, 0) is 41.5 Å². The van der Waals surface area contributed by atoms with Crippen molar-refractivity contribution in [2.75, 3.05) is 13.1 Å². The number of nitrogens with zero attached hydrogens (tertiary/aromatic N) is 3. The van der Waals surface area contributed by atoms with E-state index in [1.807, 2.05) is 6.07 Å². The smallest absolute Gasteiger partial charge is 0.270 e. The van der Waals surface area contributed by atoms with Gasteiger partial charge in [-0.3, -0.25) is 19.7 Å². The van der Waals surface area contributed by atoms with Gasteiger partial charge in [0.05, 0.1) is 9.82 Å². The zero-order valence-electron chi connectivity index (χ0n) is 20.0. The summed E-state index contributed by atoms with van der Waals surface area (Å²) in [5.74, 6) is -2.16. The minimum atomic E-state index is -4.33. The van der Waals surface area contributed by atoms with Crippen LogP contribution in [0.1, 0.15) is 21.5 Å². The molecule has 2 amide bonds. The van der Waals surface area contributed by atoms with Crippen molar-refractivity contribution in [1.82, 2.24) is 14.5 Å². The van der Waals surface area contributed by atoms with Crippen molar-refractivity contribution in [2.45, 2.75) is 24.2 Å². The largest absolute Gasteiger partial charge is 0.349 e. The van der Waals surface area contributed by atoms with E-state index in [9.17, 15) is 32.5 Å². The van der Waals surface area contributed by atoms with Crippen molar-refractivity contribution >= 4 is 27.5 Å². The first-order valence-electron chi connectivity index (χ1n) is 11.5. The van der Waals surface area contributed by atoms with E-state index in [-0.39, 0.29) is 35.8 Å². The molecule has 3 N–H and O–H groups in total. The Labute approximate surface area is 217 Å². The summed E-state index contributed by atoms with van der Waals surface area (Å²) in [5, 5.41) is 13.9. The SMILES string of the molecule is NCc1cccc(CNC(=O)C2N(C(=O)c3cccc([N+](=O)[O-])c3)CCN2S(=O)(=O)c2ccc(F)cc2)c1. The number of nitro groups is 1. The second-order valence-electron chi connectivity index (χ2n) is 8.49. The highest BCUT2D eigenvalue weighted by atomic mass is 32.2. The highest BCUT2D eigenvalue weighted by molar-refractivity contribution is 7.89. The van der Waals surface area contributed by atoms with Crippen molar-refractivity contribution in [1.29, 1.82) is 0 Å². The molecule has 11 nitrogen and oxygen atoms in total. The average Bonchev–Trinajstić information content (AvgIpc) is 3.38. The second kappa shape index (κ2) is 11.0. The van der Waals surface area contributed by atoms with Crippen molar-refractivity contribution in [2.24, 2.45) is 5.73 Å². The number of rotatable bonds is 8. The molecule has 0 aliphatic carbocycles. The van der Waals surface area contributed by atoms with Gasteiger partial charge >= 0.3 is 0 Å². The normalized spacial score (nSPS) is 15.8. The van der Waals surface area contributed by atoms with Gasteiger partial charge in [-0.2, -0.15) is 4.31 Å². The number of carbonyl (C=O) groups excluding carboxylic acids is 2. The average molecular weight is 542 g/mol. The van der Waals surface area contributed by atoms with E-state index in [0.717, 1.165) is 45.1 Å². The molecule has 1 heterocycles. The number of sulfonamides is 1. The van der Waals surface area contributed by atoms with E-state index in [1.165, 1.54) is 18.2 Å². The fourth-order valence-corrected chi connectivity index (χ4v) is 5.70. The minimum absolute atomic E-state index is 0.0342. The Morgan fingerprint density at radius 2 is 1.71 bits per heavy atom. The van der Waals surface area contributed by atoms with Crippen LogP contribution in [0.5, 0.6) is 0 Å². The van der Waals surface area contributed by atoms with Crippen LogP contribution in [0.15, 0.2) is 77.7 Å². The molecule has 0 spiro atoms. The summed E-state index contributed by atoms with van der Waals surface area (Å²) in [6.07, 6.45) is -1.59. The molecule has 0 saturated carbocycles. The minimum Gasteiger partial charge on any atom is -0.349 e. The number of hydrogen-bond donors (Lipinski definition) is 2. The van der Waals surface area contributed by atoms with Gasteiger partial charge in [0.15, 0.2) is 6.17 Å². The third kappa shape index (κ3) is 5.54. The van der Waals surface area contributed by atoms with Crippen LogP contribution in [0, 0.1) is 15.9 Å².